The van der Waals surface area contributed by atoms with Crippen molar-refractivity contribution < 1.29 is 5.11 Å². The molecule has 1 rings (SSSR count). The highest BCUT2D eigenvalue weighted by Crippen LogP contribution is 2.21. The minimum absolute atomic E-state index is 0.262. The van der Waals surface area contributed by atoms with E-state index in [1.165, 1.54) is 0 Å². The van der Waals surface area contributed by atoms with Crippen LogP contribution in [0.3, 0.4) is 0 Å². The highest BCUT2D eigenvalue weighted by Gasteiger charge is 2.30. The van der Waals surface area contributed by atoms with Gasteiger partial charge in [-0.25, -0.2) is 0 Å². The van der Waals surface area contributed by atoms with Gasteiger partial charge in [0, 0.05) is 25.7 Å². The van der Waals surface area contributed by atoms with E-state index in [0.29, 0.717) is 12.6 Å². The fraction of sp³-hybridized carbons (Fsp3) is 0.929. The Balaban J connectivity index is 2.53. The van der Waals surface area contributed by atoms with Crippen molar-refractivity contribution in [2.24, 2.45) is 11.3 Å². The first-order valence-electron chi connectivity index (χ1n) is 6.82. The highest BCUT2D eigenvalue weighted by atomic mass is 16.3. The molecule has 18 heavy (non-hydrogen) atoms. The van der Waals surface area contributed by atoms with Crippen LogP contribution in [0.15, 0.2) is 0 Å². The number of rotatable bonds is 4. The molecule has 4 nitrogen and oxygen atoms in total. The van der Waals surface area contributed by atoms with Crippen LogP contribution in [0.2, 0.25) is 0 Å². The lowest BCUT2D eigenvalue weighted by Crippen LogP contribution is -2.52. The largest absolute Gasteiger partial charge is 0.393 e. The normalized spacial score (nSPS) is 27.8. The Hall–Kier alpha value is -0.630. The van der Waals surface area contributed by atoms with Gasteiger partial charge in [0.05, 0.1) is 18.7 Å². The van der Waals surface area contributed by atoms with Crippen LogP contribution in [0.1, 0.15) is 34.1 Å². The molecule has 0 amide bonds. The van der Waals surface area contributed by atoms with Gasteiger partial charge in [-0.3, -0.25) is 4.90 Å². The van der Waals surface area contributed by atoms with Gasteiger partial charge in [-0.2, -0.15) is 5.26 Å². The molecule has 0 saturated carbocycles. The fourth-order valence-electron chi connectivity index (χ4n) is 2.41. The second kappa shape index (κ2) is 6.51. The zero-order valence-corrected chi connectivity index (χ0v) is 12.1. The minimum atomic E-state index is -0.301. The first-order valence-corrected chi connectivity index (χ1v) is 6.82. The lowest BCUT2D eigenvalue weighted by atomic mass is 9.89. The number of aliphatic hydroxyl groups excluding tert-OH is 1. The molecule has 0 aromatic heterocycles. The van der Waals surface area contributed by atoms with Crippen LogP contribution in [0.5, 0.6) is 0 Å². The number of aliphatic hydroxyl groups is 1. The SMILES string of the molecule is CC(O)C1CC(NCC(C)(C)C)CN(CC#N)C1. The second-order valence-electron chi connectivity index (χ2n) is 6.73. The van der Waals surface area contributed by atoms with Gasteiger partial charge < -0.3 is 10.4 Å². The van der Waals surface area contributed by atoms with E-state index in [0.717, 1.165) is 26.1 Å². The lowest BCUT2D eigenvalue weighted by molar-refractivity contribution is 0.0517. The maximum atomic E-state index is 9.77. The van der Waals surface area contributed by atoms with Gasteiger partial charge in [0.2, 0.25) is 0 Å². The Bertz CT molecular complexity index is 290. The van der Waals surface area contributed by atoms with Crippen molar-refractivity contribution in [1.82, 2.24) is 10.2 Å². The predicted molar refractivity (Wildman–Crippen MR) is 73.1 cm³/mol. The molecule has 0 aromatic rings. The third kappa shape index (κ3) is 5.34. The van der Waals surface area contributed by atoms with Crippen molar-refractivity contribution in [3.8, 4) is 6.07 Å². The van der Waals surface area contributed by atoms with E-state index in [2.05, 4.69) is 37.1 Å². The molecule has 1 aliphatic rings. The third-order valence-corrected chi connectivity index (χ3v) is 3.46. The summed E-state index contributed by atoms with van der Waals surface area (Å²) in [5, 5.41) is 22.2. The number of nitriles is 1. The Kier molecular flexibility index (Phi) is 5.58. The van der Waals surface area contributed by atoms with Gasteiger partial charge in [-0.05, 0) is 24.7 Å². The average Bonchev–Trinajstić information content (AvgIpc) is 2.25. The first kappa shape index (κ1) is 15.4. The number of hydrogen-bond acceptors (Lipinski definition) is 4. The summed E-state index contributed by atoms with van der Waals surface area (Å²) in [5.41, 5.74) is 0.262. The van der Waals surface area contributed by atoms with Crippen LogP contribution in [0, 0.1) is 22.7 Å². The van der Waals surface area contributed by atoms with Gasteiger partial charge in [0.15, 0.2) is 0 Å². The van der Waals surface area contributed by atoms with Crippen LogP contribution in [-0.4, -0.2) is 48.3 Å². The Labute approximate surface area is 111 Å². The van der Waals surface area contributed by atoms with E-state index in [1.54, 1.807) is 0 Å². The zero-order chi connectivity index (χ0) is 13.8. The van der Waals surface area contributed by atoms with Crippen molar-refractivity contribution in [1.29, 1.82) is 5.26 Å². The Morgan fingerprint density at radius 1 is 1.44 bits per heavy atom. The first-order chi connectivity index (χ1) is 8.31. The predicted octanol–water partition coefficient (Wildman–Crippen LogP) is 1.22. The maximum absolute atomic E-state index is 9.77. The molecule has 1 fully saturated rings. The van der Waals surface area contributed by atoms with E-state index in [4.69, 9.17) is 5.26 Å². The van der Waals surface area contributed by atoms with Crippen LogP contribution in [0.25, 0.3) is 0 Å². The Morgan fingerprint density at radius 3 is 2.61 bits per heavy atom. The number of piperidine rings is 1. The number of nitrogens with zero attached hydrogens (tertiary/aromatic N) is 2. The summed E-state index contributed by atoms with van der Waals surface area (Å²) in [6, 6.07) is 2.59. The summed E-state index contributed by atoms with van der Waals surface area (Å²) in [6.45, 7) is 11.6. The summed E-state index contributed by atoms with van der Waals surface area (Å²) < 4.78 is 0. The quantitative estimate of drug-likeness (QED) is 0.740. The molecule has 1 saturated heterocycles. The maximum Gasteiger partial charge on any atom is 0.0866 e. The molecule has 1 aliphatic heterocycles. The van der Waals surface area contributed by atoms with Crippen molar-refractivity contribution in [2.45, 2.75) is 46.3 Å². The Morgan fingerprint density at radius 2 is 2.11 bits per heavy atom. The van der Waals surface area contributed by atoms with E-state index < -0.39 is 0 Å². The van der Waals surface area contributed by atoms with Crippen LogP contribution in [0.4, 0.5) is 0 Å². The summed E-state index contributed by atoms with van der Waals surface area (Å²) in [6.07, 6.45) is 0.695. The molecule has 4 heteroatoms. The number of hydrogen-bond donors (Lipinski definition) is 2. The molecular weight excluding hydrogens is 226 g/mol. The van der Waals surface area contributed by atoms with Gasteiger partial charge in [0.25, 0.3) is 0 Å². The van der Waals surface area contributed by atoms with Crippen LogP contribution >= 0.6 is 0 Å². The molecule has 0 aromatic carbocycles. The molecule has 0 radical (unpaired) electrons. The van der Waals surface area contributed by atoms with Crippen LogP contribution < -0.4 is 5.32 Å². The van der Waals surface area contributed by atoms with Gasteiger partial charge >= 0.3 is 0 Å². The number of likely N-dealkylation sites (tertiary alicyclic amines) is 1. The topological polar surface area (TPSA) is 59.3 Å². The molecule has 0 aliphatic carbocycles. The minimum Gasteiger partial charge on any atom is -0.393 e. The zero-order valence-electron chi connectivity index (χ0n) is 12.1. The van der Waals surface area contributed by atoms with Crippen molar-refractivity contribution in [2.75, 3.05) is 26.2 Å². The monoisotopic (exact) mass is 253 g/mol. The number of nitrogens with one attached hydrogen (secondary N) is 1. The van der Waals surface area contributed by atoms with E-state index in [9.17, 15) is 5.11 Å². The summed E-state index contributed by atoms with van der Waals surface area (Å²) in [4.78, 5) is 2.14. The van der Waals surface area contributed by atoms with E-state index in [1.807, 2.05) is 6.92 Å². The van der Waals surface area contributed by atoms with E-state index in [-0.39, 0.29) is 17.4 Å². The van der Waals surface area contributed by atoms with Crippen molar-refractivity contribution in [3.05, 3.63) is 0 Å². The molecular formula is C14H27N3O. The fourth-order valence-corrected chi connectivity index (χ4v) is 2.41. The summed E-state index contributed by atoms with van der Waals surface area (Å²) in [5.74, 6) is 0.268. The standard InChI is InChI=1S/C14H27N3O/c1-11(18)12-7-13(16-10-14(2,3)4)9-17(8-12)6-5-15/h11-13,16,18H,6-10H2,1-4H3. The van der Waals surface area contributed by atoms with Crippen molar-refractivity contribution >= 4 is 0 Å². The smallest absolute Gasteiger partial charge is 0.0866 e. The molecule has 3 atom stereocenters. The molecule has 2 N–H and O–H groups in total. The van der Waals surface area contributed by atoms with E-state index >= 15 is 0 Å². The molecule has 0 bridgehead atoms. The summed E-state index contributed by atoms with van der Waals surface area (Å²) >= 11 is 0. The second-order valence-corrected chi connectivity index (χ2v) is 6.73. The van der Waals surface area contributed by atoms with Gasteiger partial charge in [0.1, 0.15) is 0 Å². The molecule has 0 spiro atoms. The van der Waals surface area contributed by atoms with Gasteiger partial charge in [-0.15, -0.1) is 0 Å². The third-order valence-electron chi connectivity index (χ3n) is 3.46. The lowest BCUT2D eigenvalue weighted by Gasteiger charge is -2.39. The summed E-state index contributed by atoms with van der Waals surface area (Å²) in [7, 11) is 0. The van der Waals surface area contributed by atoms with Crippen LogP contribution in [-0.2, 0) is 0 Å². The van der Waals surface area contributed by atoms with Crippen molar-refractivity contribution in [3.63, 3.8) is 0 Å². The molecule has 3 unspecified atom stereocenters. The average molecular weight is 253 g/mol. The molecule has 1 heterocycles. The molecule has 104 valence electrons. The van der Waals surface area contributed by atoms with Gasteiger partial charge in [-0.1, -0.05) is 20.8 Å². The highest BCUT2D eigenvalue weighted by molar-refractivity contribution is 4.89.